The minimum atomic E-state index is -3.53. The molecule has 1 N–H and O–H groups in total. The average molecular weight is 326 g/mol. The zero-order chi connectivity index (χ0) is 16.3. The molecule has 1 aromatic carbocycles. The first-order valence-electron chi connectivity index (χ1n) is 7.30. The quantitative estimate of drug-likeness (QED) is 0.919. The van der Waals surface area contributed by atoms with Gasteiger partial charge in [-0.15, -0.1) is 0 Å². The van der Waals surface area contributed by atoms with Gasteiger partial charge in [0.15, 0.2) is 0 Å². The third-order valence-electron chi connectivity index (χ3n) is 3.74. The Morgan fingerprint density at radius 1 is 1.41 bits per heavy atom. The number of hydrogen-bond acceptors (Lipinski definition) is 4. The van der Waals surface area contributed by atoms with Gasteiger partial charge in [-0.2, -0.15) is 4.31 Å². The maximum absolute atomic E-state index is 12.7. The molecule has 122 valence electrons. The Kier molecular flexibility index (Phi) is 5.08. The van der Waals surface area contributed by atoms with Crippen molar-refractivity contribution in [3.63, 3.8) is 0 Å². The van der Waals surface area contributed by atoms with E-state index < -0.39 is 10.0 Å². The molecule has 1 aliphatic rings. The Labute approximate surface area is 131 Å². The first kappa shape index (κ1) is 16.8. The van der Waals surface area contributed by atoms with Gasteiger partial charge in [0.2, 0.25) is 15.9 Å². The molecule has 1 saturated heterocycles. The lowest BCUT2D eigenvalue weighted by Crippen LogP contribution is -2.39. The number of hydrogen-bond donors (Lipinski definition) is 1. The van der Waals surface area contributed by atoms with Crippen molar-refractivity contribution in [2.45, 2.75) is 31.6 Å². The van der Waals surface area contributed by atoms with Crippen molar-refractivity contribution in [3.8, 4) is 5.75 Å². The highest BCUT2D eigenvalue weighted by atomic mass is 32.2. The van der Waals surface area contributed by atoms with E-state index in [2.05, 4.69) is 12.2 Å². The van der Waals surface area contributed by atoms with E-state index in [9.17, 15) is 13.2 Å². The topological polar surface area (TPSA) is 75.7 Å². The van der Waals surface area contributed by atoms with Crippen molar-refractivity contribution in [1.82, 2.24) is 4.31 Å². The van der Waals surface area contributed by atoms with E-state index in [0.29, 0.717) is 30.4 Å². The van der Waals surface area contributed by atoms with Crippen molar-refractivity contribution < 1.29 is 17.9 Å². The zero-order valence-corrected chi connectivity index (χ0v) is 13.9. The summed E-state index contributed by atoms with van der Waals surface area (Å²) in [5.74, 6) is 0.462. The Balaban J connectivity index is 2.33. The van der Waals surface area contributed by atoms with E-state index in [1.165, 1.54) is 30.5 Å². The van der Waals surface area contributed by atoms with Crippen molar-refractivity contribution >= 4 is 21.6 Å². The SMILES string of the molecule is COc1cc(S(=O)(=O)N2CCC[C@H](C)C2)ccc1NC(C)=O. The molecule has 22 heavy (non-hydrogen) atoms. The van der Waals surface area contributed by atoms with Crippen LogP contribution in [-0.2, 0) is 14.8 Å². The number of benzene rings is 1. The molecule has 0 radical (unpaired) electrons. The molecule has 0 saturated carbocycles. The van der Waals surface area contributed by atoms with E-state index in [-0.39, 0.29) is 10.8 Å². The second-order valence-corrected chi connectivity index (χ2v) is 7.59. The molecule has 0 bridgehead atoms. The molecular formula is C15H22N2O4S. The number of anilines is 1. The molecule has 1 aliphatic heterocycles. The third-order valence-corrected chi connectivity index (χ3v) is 5.60. The molecule has 0 spiro atoms. The highest BCUT2D eigenvalue weighted by Crippen LogP contribution is 2.30. The summed E-state index contributed by atoms with van der Waals surface area (Å²) in [4.78, 5) is 11.3. The van der Waals surface area contributed by atoms with Crippen molar-refractivity contribution in [3.05, 3.63) is 18.2 Å². The van der Waals surface area contributed by atoms with E-state index in [1.54, 1.807) is 6.07 Å². The number of nitrogens with one attached hydrogen (secondary N) is 1. The normalized spacial score (nSPS) is 19.7. The molecule has 0 unspecified atom stereocenters. The maximum Gasteiger partial charge on any atom is 0.243 e. The second kappa shape index (κ2) is 6.66. The molecule has 7 heteroatoms. The lowest BCUT2D eigenvalue weighted by Gasteiger charge is -2.30. The van der Waals surface area contributed by atoms with Gasteiger partial charge in [-0.05, 0) is 30.9 Å². The van der Waals surface area contributed by atoms with Crippen LogP contribution < -0.4 is 10.1 Å². The minimum Gasteiger partial charge on any atom is -0.495 e. The van der Waals surface area contributed by atoms with Crippen molar-refractivity contribution in [2.75, 3.05) is 25.5 Å². The van der Waals surface area contributed by atoms with Gasteiger partial charge in [-0.1, -0.05) is 6.92 Å². The van der Waals surface area contributed by atoms with Gasteiger partial charge in [0.25, 0.3) is 0 Å². The Bertz CT molecular complexity index is 658. The van der Waals surface area contributed by atoms with Crippen LogP contribution in [0.1, 0.15) is 26.7 Å². The van der Waals surface area contributed by atoms with Crippen LogP contribution >= 0.6 is 0 Å². The van der Waals surface area contributed by atoms with Crippen LogP contribution in [0.2, 0.25) is 0 Å². The van der Waals surface area contributed by atoms with E-state index in [4.69, 9.17) is 4.74 Å². The minimum absolute atomic E-state index is 0.188. The van der Waals surface area contributed by atoms with Crippen LogP contribution in [0.25, 0.3) is 0 Å². The molecule has 1 fully saturated rings. The van der Waals surface area contributed by atoms with Gasteiger partial charge in [-0.3, -0.25) is 4.79 Å². The van der Waals surface area contributed by atoms with Gasteiger partial charge in [0, 0.05) is 26.1 Å². The molecule has 6 nitrogen and oxygen atoms in total. The summed E-state index contributed by atoms with van der Waals surface area (Å²) in [5.41, 5.74) is 0.459. The van der Waals surface area contributed by atoms with Crippen LogP contribution in [0, 0.1) is 5.92 Å². The summed E-state index contributed by atoms with van der Waals surface area (Å²) in [6, 6.07) is 4.52. The molecule has 0 aliphatic carbocycles. The Morgan fingerprint density at radius 3 is 2.73 bits per heavy atom. The highest BCUT2D eigenvalue weighted by Gasteiger charge is 2.29. The van der Waals surface area contributed by atoms with Crippen LogP contribution in [0.5, 0.6) is 5.75 Å². The molecule has 1 atom stereocenters. The summed E-state index contributed by atoms with van der Waals surface area (Å²) >= 11 is 0. The molecule has 1 aromatic rings. The van der Waals surface area contributed by atoms with E-state index in [0.717, 1.165) is 12.8 Å². The Hall–Kier alpha value is -1.60. The smallest absolute Gasteiger partial charge is 0.243 e. The molecular weight excluding hydrogens is 304 g/mol. The second-order valence-electron chi connectivity index (χ2n) is 5.65. The third kappa shape index (κ3) is 3.59. The standard InChI is InChI=1S/C15H22N2O4S/c1-11-5-4-8-17(10-11)22(19,20)13-6-7-14(16-12(2)18)15(9-13)21-3/h6-7,9,11H,4-5,8,10H2,1-3H3,(H,16,18)/t11-/m0/s1. The first-order chi connectivity index (χ1) is 10.3. The lowest BCUT2D eigenvalue weighted by atomic mass is 10.0. The summed E-state index contributed by atoms with van der Waals surface area (Å²) in [5, 5.41) is 2.62. The number of rotatable bonds is 4. The van der Waals surface area contributed by atoms with Crippen LogP contribution in [-0.4, -0.2) is 38.8 Å². The Morgan fingerprint density at radius 2 is 2.14 bits per heavy atom. The summed E-state index contributed by atoms with van der Waals surface area (Å²) < 4.78 is 32.1. The molecule has 2 rings (SSSR count). The van der Waals surface area contributed by atoms with Crippen LogP contribution in [0.4, 0.5) is 5.69 Å². The lowest BCUT2D eigenvalue weighted by molar-refractivity contribution is -0.114. The number of sulfonamides is 1. The number of piperidine rings is 1. The number of carbonyl (C=O) groups is 1. The van der Waals surface area contributed by atoms with Crippen LogP contribution in [0.15, 0.2) is 23.1 Å². The number of amides is 1. The highest BCUT2D eigenvalue weighted by molar-refractivity contribution is 7.89. The van der Waals surface area contributed by atoms with Crippen molar-refractivity contribution in [1.29, 1.82) is 0 Å². The fourth-order valence-corrected chi connectivity index (χ4v) is 4.25. The monoisotopic (exact) mass is 326 g/mol. The van der Waals surface area contributed by atoms with Crippen LogP contribution in [0.3, 0.4) is 0 Å². The van der Waals surface area contributed by atoms with Gasteiger partial charge < -0.3 is 10.1 Å². The summed E-state index contributed by atoms with van der Waals surface area (Å²) in [6.45, 7) is 4.53. The molecule has 1 heterocycles. The van der Waals surface area contributed by atoms with E-state index in [1.807, 2.05) is 0 Å². The largest absolute Gasteiger partial charge is 0.495 e. The number of carbonyl (C=O) groups excluding carboxylic acids is 1. The maximum atomic E-state index is 12.7. The van der Waals surface area contributed by atoms with E-state index >= 15 is 0 Å². The fraction of sp³-hybridized carbons (Fsp3) is 0.533. The zero-order valence-electron chi connectivity index (χ0n) is 13.1. The number of methoxy groups -OCH3 is 1. The number of ether oxygens (including phenoxy) is 1. The molecule has 0 aromatic heterocycles. The van der Waals surface area contributed by atoms with Gasteiger partial charge in [-0.25, -0.2) is 8.42 Å². The predicted octanol–water partition coefficient (Wildman–Crippen LogP) is 2.07. The fourth-order valence-electron chi connectivity index (χ4n) is 2.64. The molecule has 1 amide bonds. The van der Waals surface area contributed by atoms with Gasteiger partial charge >= 0.3 is 0 Å². The predicted molar refractivity (Wildman–Crippen MR) is 84.5 cm³/mol. The van der Waals surface area contributed by atoms with Crippen molar-refractivity contribution in [2.24, 2.45) is 5.92 Å². The average Bonchev–Trinajstić information content (AvgIpc) is 2.47. The number of nitrogens with zero attached hydrogens (tertiary/aromatic N) is 1. The van der Waals surface area contributed by atoms with Gasteiger partial charge in [0.1, 0.15) is 5.75 Å². The van der Waals surface area contributed by atoms with Gasteiger partial charge in [0.05, 0.1) is 17.7 Å². The summed E-state index contributed by atoms with van der Waals surface area (Å²) in [7, 11) is -2.09. The summed E-state index contributed by atoms with van der Waals surface area (Å²) in [6.07, 6.45) is 1.93. The first-order valence-corrected chi connectivity index (χ1v) is 8.74.